The van der Waals surface area contributed by atoms with Gasteiger partial charge in [-0.3, -0.25) is 10.1 Å². The number of amides is 1. The predicted molar refractivity (Wildman–Crippen MR) is 86.6 cm³/mol. The lowest BCUT2D eigenvalue weighted by Crippen LogP contribution is -2.16. The maximum absolute atomic E-state index is 13.4. The molecule has 1 N–H and O–H groups in total. The normalized spacial score (nSPS) is 17.0. The van der Waals surface area contributed by atoms with E-state index in [1.54, 1.807) is 6.92 Å². The molecule has 2 heterocycles. The molecule has 0 saturated heterocycles. The summed E-state index contributed by atoms with van der Waals surface area (Å²) in [6.45, 7) is 3.90. The van der Waals surface area contributed by atoms with Crippen molar-refractivity contribution in [3.05, 3.63) is 46.6 Å². The second-order valence-electron chi connectivity index (χ2n) is 6.44. The molecule has 1 aliphatic carbocycles. The quantitative estimate of drug-likeness (QED) is 0.764. The minimum absolute atomic E-state index is 0.157. The summed E-state index contributed by atoms with van der Waals surface area (Å²) in [4.78, 5) is 12.6. The summed E-state index contributed by atoms with van der Waals surface area (Å²) < 4.78 is 24.3. The van der Waals surface area contributed by atoms with E-state index < -0.39 is 5.91 Å². The number of furan rings is 1. The molecule has 1 atom stereocenters. The smallest absolute Gasteiger partial charge is 0.294 e. The van der Waals surface area contributed by atoms with E-state index in [1.807, 2.05) is 0 Å². The van der Waals surface area contributed by atoms with Crippen molar-refractivity contribution in [3.63, 3.8) is 0 Å². The van der Waals surface area contributed by atoms with Gasteiger partial charge < -0.3 is 8.94 Å². The van der Waals surface area contributed by atoms with Gasteiger partial charge in [0.1, 0.15) is 11.4 Å². The van der Waals surface area contributed by atoms with Crippen molar-refractivity contribution in [2.24, 2.45) is 5.92 Å². The fraction of sp³-hybridized carbons (Fsp3) is 0.333. The number of aromatic nitrogens is 1. The zero-order valence-corrected chi connectivity index (χ0v) is 13.5. The maximum Gasteiger partial charge on any atom is 0.294 e. The molecule has 5 nitrogen and oxygen atoms in total. The molecular formula is C18H17FN2O3. The van der Waals surface area contributed by atoms with Crippen LogP contribution in [0.1, 0.15) is 40.7 Å². The highest BCUT2D eigenvalue weighted by atomic mass is 19.1. The number of halogens is 1. The Kier molecular flexibility index (Phi) is 3.40. The topological polar surface area (TPSA) is 68.3 Å². The molecular weight excluding hydrogens is 311 g/mol. The number of fused-ring (bicyclic) bond motifs is 2. The Morgan fingerprint density at radius 2 is 2.25 bits per heavy atom. The number of nitrogens with zero attached hydrogens (tertiary/aromatic N) is 1. The molecule has 3 aromatic rings. The van der Waals surface area contributed by atoms with Gasteiger partial charge in [0, 0.05) is 16.5 Å². The van der Waals surface area contributed by atoms with E-state index in [0.717, 1.165) is 30.5 Å². The van der Waals surface area contributed by atoms with E-state index in [4.69, 9.17) is 8.94 Å². The van der Waals surface area contributed by atoms with Crippen molar-refractivity contribution in [1.82, 2.24) is 5.16 Å². The van der Waals surface area contributed by atoms with Gasteiger partial charge in [-0.05, 0) is 50.3 Å². The van der Waals surface area contributed by atoms with E-state index in [2.05, 4.69) is 17.4 Å². The van der Waals surface area contributed by atoms with Crippen LogP contribution in [0.15, 0.2) is 27.1 Å². The molecule has 6 heteroatoms. The van der Waals surface area contributed by atoms with Crippen LogP contribution in [0.5, 0.6) is 0 Å². The van der Waals surface area contributed by atoms with Crippen LogP contribution in [0.3, 0.4) is 0 Å². The average molecular weight is 328 g/mol. The number of hydrogen-bond donors (Lipinski definition) is 1. The Bertz CT molecular complexity index is 941. The first kappa shape index (κ1) is 14.9. The third-order valence-electron chi connectivity index (χ3n) is 4.63. The molecule has 2 aromatic heterocycles. The van der Waals surface area contributed by atoms with E-state index in [0.29, 0.717) is 28.3 Å². The van der Waals surface area contributed by atoms with Gasteiger partial charge in [-0.1, -0.05) is 12.1 Å². The molecule has 0 unspecified atom stereocenters. The van der Waals surface area contributed by atoms with Crippen LogP contribution < -0.4 is 5.32 Å². The Hall–Kier alpha value is -2.63. The molecule has 0 fully saturated rings. The Morgan fingerprint density at radius 1 is 1.42 bits per heavy atom. The maximum atomic E-state index is 13.4. The standard InChI is InChI=1S/C18H17FN2O3/c1-9-3-5-14-13(7-9)18(24-21-14)20-17(22)16-10(2)12-8-11(19)4-6-15(12)23-16/h4,6,8-9H,3,5,7H2,1-2H3,(H,20,22)/t9-/m1/s1. The molecule has 0 radical (unpaired) electrons. The zero-order chi connectivity index (χ0) is 16.8. The molecule has 0 aliphatic heterocycles. The van der Waals surface area contributed by atoms with Gasteiger partial charge in [0.15, 0.2) is 5.76 Å². The summed E-state index contributed by atoms with van der Waals surface area (Å²) in [6.07, 6.45) is 2.76. The summed E-state index contributed by atoms with van der Waals surface area (Å²) in [5, 5.41) is 7.38. The highest BCUT2D eigenvalue weighted by Crippen LogP contribution is 2.32. The first-order valence-corrected chi connectivity index (χ1v) is 8.00. The lowest BCUT2D eigenvalue weighted by Gasteiger charge is -2.16. The second-order valence-corrected chi connectivity index (χ2v) is 6.44. The predicted octanol–water partition coefficient (Wildman–Crippen LogP) is 4.25. The molecule has 1 amide bonds. The van der Waals surface area contributed by atoms with E-state index in [1.165, 1.54) is 18.2 Å². The van der Waals surface area contributed by atoms with Crippen molar-refractivity contribution < 1.29 is 18.1 Å². The van der Waals surface area contributed by atoms with Gasteiger partial charge in [0.2, 0.25) is 5.88 Å². The van der Waals surface area contributed by atoms with Crippen molar-refractivity contribution in [2.75, 3.05) is 5.32 Å². The summed E-state index contributed by atoms with van der Waals surface area (Å²) in [5.74, 6) is 0.290. The summed E-state index contributed by atoms with van der Waals surface area (Å²) in [5.41, 5.74) is 2.95. The SMILES string of the molecule is Cc1c(C(=O)Nc2onc3c2C[C@H](C)CC3)oc2ccc(F)cc12. The minimum Gasteiger partial charge on any atom is -0.451 e. The molecule has 24 heavy (non-hydrogen) atoms. The molecule has 1 aliphatic rings. The van der Waals surface area contributed by atoms with Gasteiger partial charge in [0.05, 0.1) is 5.69 Å². The third kappa shape index (κ3) is 2.38. The highest BCUT2D eigenvalue weighted by molar-refractivity contribution is 6.06. The van der Waals surface area contributed by atoms with Crippen molar-refractivity contribution >= 4 is 22.8 Å². The fourth-order valence-electron chi connectivity index (χ4n) is 3.25. The van der Waals surface area contributed by atoms with E-state index in [-0.39, 0.29) is 11.6 Å². The number of carbonyl (C=O) groups is 1. The number of rotatable bonds is 2. The highest BCUT2D eigenvalue weighted by Gasteiger charge is 2.26. The van der Waals surface area contributed by atoms with Gasteiger partial charge in [0.25, 0.3) is 5.91 Å². The van der Waals surface area contributed by atoms with Crippen LogP contribution in [0.2, 0.25) is 0 Å². The zero-order valence-electron chi connectivity index (χ0n) is 13.5. The summed E-state index contributed by atoms with van der Waals surface area (Å²) >= 11 is 0. The number of nitrogens with one attached hydrogen (secondary N) is 1. The van der Waals surface area contributed by atoms with E-state index >= 15 is 0 Å². The molecule has 124 valence electrons. The van der Waals surface area contributed by atoms with Crippen molar-refractivity contribution in [2.45, 2.75) is 33.1 Å². The molecule has 0 saturated carbocycles. The first-order chi connectivity index (χ1) is 11.5. The van der Waals surface area contributed by atoms with Crippen LogP contribution in [-0.4, -0.2) is 11.1 Å². The monoisotopic (exact) mass is 328 g/mol. The average Bonchev–Trinajstić information content (AvgIpc) is 3.09. The fourth-order valence-corrected chi connectivity index (χ4v) is 3.25. The van der Waals surface area contributed by atoms with Gasteiger partial charge in [-0.25, -0.2) is 4.39 Å². The van der Waals surface area contributed by atoms with Crippen molar-refractivity contribution in [3.8, 4) is 0 Å². The molecule has 0 spiro atoms. The van der Waals surface area contributed by atoms with Crippen molar-refractivity contribution in [1.29, 1.82) is 0 Å². The number of benzene rings is 1. The van der Waals surface area contributed by atoms with Gasteiger partial charge in [-0.15, -0.1) is 0 Å². The lowest BCUT2D eigenvalue weighted by atomic mass is 9.89. The summed E-state index contributed by atoms with van der Waals surface area (Å²) in [7, 11) is 0. The van der Waals surface area contributed by atoms with Gasteiger partial charge in [-0.2, -0.15) is 0 Å². The number of aryl methyl sites for hydroxylation is 2. The van der Waals surface area contributed by atoms with Crippen LogP contribution in [0.25, 0.3) is 11.0 Å². The van der Waals surface area contributed by atoms with Crippen LogP contribution in [-0.2, 0) is 12.8 Å². The second kappa shape index (κ2) is 5.47. The van der Waals surface area contributed by atoms with E-state index in [9.17, 15) is 9.18 Å². The largest absolute Gasteiger partial charge is 0.451 e. The number of hydrogen-bond acceptors (Lipinski definition) is 4. The Balaban J connectivity index is 1.66. The lowest BCUT2D eigenvalue weighted by molar-refractivity contribution is 0.0994. The number of anilines is 1. The molecule has 4 rings (SSSR count). The van der Waals surface area contributed by atoms with Gasteiger partial charge >= 0.3 is 0 Å². The Morgan fingerprint density at radius 3 is 3.08 bits per heavy atom. The van der Waals surface area contributed by atoms with Crippen LogP contribution in [0, 0.1) is 18.7 Å². The minimum atomic E-state index is -0.415. The third-order valence-corrected chi connectivity index (χ3v) is 4.63. The molecule has 0 bridgehead atoms. The number of carbonyl (C=O) groups excluding carboxylic acids is 1. The van der Waals surface area contributed by atoms with Crippen LogP contribution in [0.4, 0.5) is 10.3 Å². The first-order valence-electron chi connectivity index (χ1n) is 8.00. The molecule has 1 aromatic carbocycles. The Labute approximate surface area is 137 Å². The summed E-state index contributed by atoms with van der Waals surface area (Å²) in [6, 6.07) is 4.19. The van der Waals surface area contributed by atoms with Crippen LogP contribution >= 0.6 is 0 Å².